The minimum absolute atomic E-state index is 0.0196. The lowest BCUT2D eigenvalue weighted by molar-refractivity contribution is 0.772. The van der Waals surface area contributed by atoms with Gasteiger partial charge < -0.3 is 0 Å². The van der Waals surface area contributed by atoms with E-state index in [0.717, 1.165) is 0 Å². The van der Waals surface area contributed by atoms with Gasteiger partial charge in [0.1, 0.15) is 0 Å². The van der Waals surface area contributed by atoms with E-state index in [0.29, 0.717) is 0 Å². The van der Waals surface area contributed by atoms with Gasteiger partial charge in [0.25, 0.3) is 0 Å². The molecule has 0 aliphatic heterocycles. The van der Waals surface area contributed by atoms with Crippen LogP contribution in [0.3, 0.4) is 0 Å². The predicted molar refractivity (Wildman–Crippen MR) is 25.2 cm³/mol. The van der Waals surface area contributed by atoms with Crippen molar-refractivity contribution >= 4 is 0 Å². The Morgan fingerprint density at radius 2 is 2.80 bits per heavy atom. The molecule has 0 heterocycles. The monoisotopic (exact) mass is 78.1 g/mol. The minimum atomic E-state index is -2.39. The maximum absolute atomic E-state index is 7.16. The van der Waals surface area contributed by atoms with Gasteiger partial charge in [-0.25, -0.2) is 0 Å². The van der Waals surface area contributed by atoms with E-state index in [9.17, 15) is 0 Å². The van der Waals surface area contributed by atoms with Gasteiger partial charge in [-0.05, 0) is 0 Å². The average molecular weight is 78.2 g/mol. The molecule has 0 fully saturated rings. The molecule has 0 saturated heterocycles. The molecule has 0 unspecified atom stereocenters. The third-order valence-electron chi connectivity index (χ3n) is 0.279. The Kier molecular flexibility index (Phi) is 0.640. The predicted octanol–water partition coefficient (Wildman–Crippen LogP) is 2.20. The van der Waals surface area contributed by atoms with Crippen molar-refractivity contribution < 1.29 is 8.22 Å². The van der Waals surface area contributed by atoms with Gasteiger partial charge in [0.15, 0.2) is 0 Å². The molecule has 0 aliphatic carbocycles. The Morgan fingerprint density at radius 1 is 2.00 bits per heavy atom. The van der Waals surface area contributed by atoms with Gasteiger partial charge >= 0.3 is 0 Å². The molecule has 0 aromatic heterocycles. The summed E-state index contributed by atoms with van der Waals surface area (Å²) in [6.07, 6.45) is -4.49. The van der Waals surface area contributed by atoms with Crippen LogP contribution in [-0.2, 0) is 0 Å². The van der Waals surface area contributed by atoms with E-state index < -0.39 is 19.6 Å². The van der Waals surface area contributed by atoms with Gasteiger partial charge in [0.2, 0.25) is 0 Å². The van der Waals surface area contributed by atoms with Crippen molar-refractivity contribution in [3.8, 4) is 0 Å². The van der Waals surface area contributed by atoms with Crippen LogP contribution in [0.2, 0.25) is 0 Å². The van der Waals surface area contributed by atoms with Crippen LogP contribution in [0.1, 0.15) is 41.2 Å². The van der Waals surface area contributed by atoms with Crippen molar-refractivity contribution in [1.82, 2.24) is 0 Å². The summed E-state index contributed by atoms with van der Waals surface area (Å²) in [4.78, 5) is 0. The fourth-order valence-corrected chi connectivity index (χ4v) is 0.102. The van der Waals surface area contributed by atoms with Gasteiger partial charge in [0.05, 0.1) is 0 Å². The smallest absolute Gasteiger partial charge is 0.0266 e. The van der Waals surface area contributed by atoms with Crippen molar-refractivity contribution in [2.24, 2.45) is 0 Å². The largest absolute Gasteiger partial charge is 0.0654 e. The second-order valence-corrected chi connectivity index (χ2v) is 0.675. The zero-order valence-electron chi connectivity index (χ0n) is 9.28. The number of hydrogen-bond donors (Lipinski definition) is 0. The van der Waals surface area contributed by atoms with E-state index in [-0.39, 0.29) is 6.42 Å². The van der Waals surface area contributed by atoms with Crippen LogP contribution in [0.15, 0.2) is 0 Å². The highest BCUT2D eigenvalue weighted by Crippen LogP contribution is 1.88. The summed E-state index contributed by atoms with van der Waals surface area (Å²) in [5.74, 6) is 0. The van der Waals surface area contributed by atoms with Crippen molar-refractivity contribution in [2.45, 2.75) is 33.0 Å². The molecule has 32 valence electrons. The Bertz CT molecular complexity index is 129. The first-order chi connectivity index (χ1) is 4.75. The highest BCUT2D eigenvalue weighted by molar-refractivity contribution is 4.24. The molecule has 5 heavy (non-hydrogen) atoms. The fraction of sp³-hybridized carbons (Fsp3) is 1.00. The van der Waals surface area contributed by atoms with Crippen molar-refractivity contribution in [3.63, 3.8) is 0 Å². The van der Waals surface area contributed by atoms with Crippen LogP contribution < -0.4 is 0 Å². The first-order valence-electron chi connectivity index (χ1n) is 4.75. The van der Waals surface area contributed by atoms with Crippen LogP contribution in [0.4, 0.5) is 0 Å². The maximum Gasteiger partial charge on any atom is 0.0266 e. The summed E-state index contributed by atoms with van der Waals surface area (Å²) >= 11 is 0. The second kappa shape index (κ2) is 4.00. The molecular formula is C5H12. The molecule has 0 rings (SSSR count). The molecule has 0 aliphatic rings. The standard InChI is InChI=1S/C5H12/c1-3-5-4-2/h3-5H2,1-2H3/i1D2,3D2,5D2. The maximum atomic E-state index is 7.16. The third-order valence-corrected chi connectivity index (χ3v) is 0.279. The van der Waals surface area contributed by atoms with Crippen LogP contribution in [0, 0.1) is 0 Å². The lowest BCUT2D eigenvalue weighted by Gasteiger charge is -1.79. The van der Waals surface area contributed by atoms with Crippen molar-refractivity contribution in [1.29, 1.82) is 0 Å². The molecule has 0 N–H and O–H groups in total. The molecule has 0 atom stereocenters. The van der Waals surface area contributed by atoms with Crippen molar-refractivity contribution in [3.05, 3.63) is 0 Å². The quantitative estimate of drug-likeness (QED) is 0.475. The molecule has 0 heteroatoms. The summed E-state index contributed by atoms with van der Waals surface area (Å²) in [7, 11) is 0. The van der Waals surface area contributed by atoms with Crippen LogP contribution >= 0.6 is 0 Å². The summed E-state index contributed by atoms with van der Waals surface area (Å²) in [5.41, 5.74) is 0. The highest BCUT2D eigenvalue weighted by atomic mass is 13.7. The molecule has 0 bridgehead atoms. The number of hydrogen-bond acceptors (Lipinski definition) is 0. The van der Waals surface area contributed by atoms with E-state index in [1.807, 2.05) is 0 Å². The average Bonchev–Trinajstić information content (AvgIpc) is 1.87. The van der Waals surface area contributed by atoms with E-state index >= 15 is 0 Å². The molecule has 0 radical (unpaired) electrons. The first kappa shape index (κ1) is 0.800. The Balaban J connectivity index is 4.53. The summed E-state index contributed by atoms with van der Waals surface area (Å²) < 4.78 is 42.1. The summed E-state index contributed by atoms with van der Waals surface area (Å²) in [6, 6.07) is 0. The van der Waals surface area contributed by atoms with Crippen LogP contribution in [0.5, 0.6) is 0 Å². The van der Waals surface area contributed by atoms with Crippen LogP contribution in [-0.4, -0.2) is 0 Å². The highest BCUT2D eigenvalue weighted by Gasteiger charge is 1.68. The second-order valence-electron chi connectivity index (χ2n) is 0.675. The molecule has 0 nitrogen and oxygen atoms in total. The molecule has 0 aromatic carbocycles. The zero-order valence-corrected chi connectivity index (χ0v) is 3.28. The summed E-state index contributed by atoms with van der Waals surface area (Å²) in [5, 5.41) is 0. The van der Waals surface area contributed by atoms with Gasteiger partial charge in [-0.15, -0.1) is 0 Å². The van der Waals surface area contributed by atoms with Gasteiger partial charge in [0, 0.05) is 8.22 Å². The minimum Gasteiger partial charge on any atom is -0.0654 e. The van der Waals surface area contributed by atoms with Gasteiger partial charge in [-0.1, -0.05) is 33.0 Å². The van der Waals surface area contributed by atoms with E-state index in [1.165, 1.54) is 6.92 Å². The topological polar surface area (TPSA) is 0 Å². The molecule has 0 saturated carbocycles. The molecule has 0 aromatic rings. The van der Waals surface area contributed by atoms with Crippen molar-refractivity contribution in [2.75, 3.05) is 0 Å². The van der Waals surface area contributed by atoms with Gasteiger partial charge in [-0.2, -0.15) is 0 Å². The first-order valence-corrected chi connectivity index (χ1v) is 1.60. The van der Waals surface area contributed by atoms with E-state index in [1.54, 1.807) is 0 Å². The lowest BCUT2D eigenvalue weighted by atomic mass is 10.3. The third kappa shape index (κ3) is 4.00. The number of rotatable bonds is 2. The van der Waals surface area contributed by atoms with E-state index in [4.69, 9.17) is 8.22 Å². The Labute approximate surface area is 42.6 Å². The SMILES string of the molecule is [2H]C([2H])C([2H])([2H])C([2H])([2H])CC. The molecule has 0 spiro atoms. The normalized spacial score (nSPS) is 32.4. The fourth-order valence-electron chi connectivity index (χ4n) is 0.102. The zero-order chi connectivity index (χ0) is 9.28. The van der Waals surface area contributed by atoms with Gasteiger partial charge in [-0.3, -0.25) is 0 Å². The summed E-state index contributed by atoms with van der Waals surface area (Å²) in [6.45, 7) is -0.280. The van der Waals surface area contributed by atoms with Crippen LogP contribution in [0.25, 0.3) is 0 Å². The lowest BCUT2D eigenvalue weighted by Crippen LogP contribution is -1.59. The van der Waals surface area contributed by atoms with E-state index in [2.05, 4.69) is 0 Å². The molecule has 0 amide bonds. The Hall–Kier alpha value is 0. The molecular weight excluding hydrogens is 60.1 g/mol. The Morgan fingerprint density at radius 3 is 3.00 bits per heavy atom.